The third-order valence-corrected chi connectivity index (χ3v) is 4.21. The minimum Gasteiger partial charge on any atom is -0.273 e. The van der Waals surface area contributed by atoms with Crippen molar-refractivity contribution in [3.05, 3.63) is 35.9 Å². The zero-order valence-electron chi connectivity index (χ0n) is 15.3. The summed E-state index contributed by atoms with van der Waals surface area (Å²) < 4.78 is 0. The molecule has 0 unspecified atom stereocenters. The molecule has 134 valence electrons. The number of benzene rings is 1. The molecule has 24 heavy (non-hydrogen) atoms. The lowest BCUT2D eigenvalue weighted by molar-refractivity contribution is -0.121. The van der Waals surface area contributed by atoms with E-state index in [0.29, 0.717) is 6.42 Å². The summed E-state index contributed by atoms with van der Waals surface area (Å²) in [4.78, 5) is 11.7. The van der Waals surface area contributed by atoms with Crippen LogP contribution in [0.3, 0.4) is 0 Å². The quantitative estimate of drug-likeness (QED) is 0.260. The molecule has 0 bridgehead atoms. The summed E-state index contributed by atoms with van der Waals surface area (Å²) >= 11 is 0. The van der Waals surface area contributed by atoms with Gasteiger partial charge in [0.2, 0.25) is 5.91 Å². The summed E-state index contributed by atoms with van der Waals surface area (Å²) in [5, 5.41) is 3.99. The Morgan fingerprint density at radius 1 is 0.875 bits per heavy atom. The maximum atomic E-state index is 11.7. The van der Waals surface area contributed by atoms with Crippen molar-refractivity contribution in [1.29, 1.82) is 0 Å². The standard InChI is InChI=1S/C21H34N2O/c1-2-3-4-5-6-7-8-9-10-11-15-18-21(24)23-22-19-20-16-13-12-14-17-20/h12-14,16-17,19H,2-11,15,18H2,1H3,(H,23,24)/b22-19-. The largest absolute Gasteiger partial charge is 0.273 e. The Morgan fingerprint density at radius 2 is 1.42 bits per heavy atom. The zero-order chi connectivity index (χ0) is 17.3. The van der Waals surface area contributed by atoms with E-state index < -0.39 is 0 Å². The van der Waals surface area contributed by atoms with Gasteiger partial charge in [-0.1, -0.05) is 101 Å². The fourth-order valence-electron chi connectivity index (χ4n) is 2.72. The fourth-order valence-corrected chi connectivity index (χ4v) is 2.72. The highest BCUT2D eigenvalue weighted by atomic mass is 16.2. The lowest BCUT2D eigenvalue weighted by Gasteiger charge is -2.02. The fraction of sp³-hybridized carbons (Fsp3) is 0.619. The highest BCUT2D eigenvalue weighted by Crippen LogP contribution is 2.11. The van der Waals surface area contributed by atoms with Crippen molar-refractivity contribution in [2.45, 2.75) is 84.0 Å². The maximum absolute atomic E-state index is 11.7. The van der Waals surface area contributed by atoms with E-state index in [1.165, 1.54) is 57.8 Å². The number of rotatable bonds is 14. The molecule has 0 saturated carbocycles. The molecule has 0 heterocycles. The van der Waals surface area contributed by atoms with Gasteiger partial charge in [-0.15, -0.1) is 0 Å². The van der Waals surface area contributed by atoms with E-state index in [0.717, 1.165) is 18.4 Å². The normalized spacial score (nSPS) is 11.0. The van der Waals surface area contributed by atoms with Gasteiger partial charge in [-0.2, -0.15) is 5.10 Å². The second-order valence-electron chi connectivity index (χ2n) is 6.49. The lowest BCUT2D eigenvalue weighted by atomic mass is 10.1. The summed E-state index contributed by atoms with van der Waals surface area (Å²) in [6.45, 7) is 2.26. The molecule has 0 spiro atoms. The molecule has 0 aliphatic rings. The van der Waals surface area contributed by atoms with E-state index in [1.54, 1.807) is 6.21 Å². The van der Waals surface area contributed by atoms with Crippen LogP contribution < -0.4 is 5.43 Å². The second kappa shape index (κ2) is 14.9. The van der Waals surface area contributed by atoms with Crippen LogP contribution in [0.4, 0.5) is 0 Å². The zero-order valence-corrected chi connectivity index (χ0v) is 15.3. The SMILES string of the molecule is CCCCCCCCCCCCCC(=O)N/N=C\c1ccccc1. The summed E-state index contributed by atoms with van der Waals surface area (Å²) in [5.74, 6) is 0.0121. The summed E-state index contributed by atoms with van der Waals surface area (Å²) in [6.07, 6.45) is 16.5. The third kappa shape index (κ3) is 11.9. The predicted molar refractivity (Wildman–Crippen MR) is 103 cm³/mol. The van der Waals surface area contributed by atoms with Crippen molar-refractivity contribution < 1.29 is 4.79 Å². The highest BCUT2D eigenvalue weighted by molar-refractivity contribution is 5.82. The molecule has 3 heteroatoms. The van der Waals surface area contributed by atoms with E-state index >= 15 is 0 Å². The Balaban J connectivity index is 1.88. The Hall–Kier alpha value is -1.64. The monoisotopic (exact) mass is 330 g/mol. The van der Waals surface area contributed by atoms with E-state index in [2.05, 4.69) is 17.5 Å². The van der Waals surface area contributed by atoms with Gasteiger partial charge >= 0.3 is 0 Å². The molecule has 1 aromatic carbocycles. The van der Waals surface area contributed by atoms with Crippen molar-refractivity contribution >= 4 is 12.1 Å². The van der Waals surface area contributed by atoms with Crippen molar-refractivity contribution in [3.8, 4) is 0 Å². The first-order valence-electron chi connectivity index (χ1n) is 9.70. The van der Waals surface area contributed by atoms with Crippen LogP contribution in [0.2, 0.25) is 0 Å². The maximum Gasteiger partial charge on any atom is 0.240 e. The number of nitrogens with one attached hydrogen (secondary N) is 1. The van der Waals surface area contributed by atoms with Crippen molar-refractivity contribution in [2.75, 3.05) is 0 Å². The summed E-state index contributed by atoms with van der Waals surface area (Å²) in [7, 11) is 0. The molecule has 1 aromatic rings. The summed E-state index contributed by atoms with van der Waals surface area (Å²) in [5.41, 5.74) is 3.59. The number of nitrogens with zero attached hydrogens (tertiary/aromatic N) is 1. The molecule has 0 saturated heterocycles. The van der Waals surface area contributed by atoms with Gasteiger partial charge in [-0.05, 0) is 12.0 Å². The first-order chi connectivity index (χ1) is 11.8. The van der Waals surface area contributed by atoms with Crippen LogP contribution >= 0.6 is 0 Å². The molecule has 0 radical (unpaired) electrons. The first kappa shape index (κ1) is 20.4. The number of hydrogen-bond donors (Lipinski definition) is 1. The number of unbranched alkanes of at least 4 members (excludes halogenated alkanes) is 10. The number of amides is 1. The van der Waals surface area contributed by atoms with Gasteiger partial charge in [-0.3, -0.25) is 4.79 Å². The van der Waals surface area contributed by atoms with Gasteiger partial charge in [0.1, 0.15) is 0 Å². The Labute approximate surface area is 147 Å². The third-order valence-electron chi connectivity index (χ3n) is 4.21. The Morgan fingerprint density at radius 3 is 2.00 bits per heavy atom. The smallest absolute Gasteiger partial charge is 0.240 e. The molecule has 1 rings (SSSR count). The molecule has 3 nitrogen and oxygen atoms in total. The minimum atomic E-state index is 0.0121. The second-order valence-corrected chi connectivity index (χ2v) is 6.49. The average Bonchev–Trinajstić information content (AvgIpc) is 2.60. The molecule has 0 aliphatic carbocycles. The van der Waals surface area contributed by atoms with Gasteiger partial charge in [0.25, 0.3) is 0 Å². The number of hydrazone groups is 1. The molecule has 1 amide bonds. The van der Waals surface area contributed by atoms with Crippen LogP contribution in [0.5, 0.6) is 0 Å². The topological polar surface area (TPSA) is 41.5 Å². The molecule has 0 atom stereocenters. The van der Waals surface area contributed by atoms with Gasteiger partial charge in [0.05, 0.1) is 6.21 Å². The Bertz CT molecular complexity index is 442. The van der Waals surface area contributed by atoms with Gasteiger partial charge in [0.15, 0.2) is 0 Å². The van der Waals surface area contributed by atoms with Gasteiger partial charge < -0.3 is 0 Å². The van der Waals surface area contributed by atoms with Crippen LogP contribution in [-0.2, 0) is 4.79 Å². The molecular weight excluding hydrogens is 296 g/mol. The summed E-state index contributed by atoms with van der Waals surface area (Å²) in [6, 6.07) is 9.78. The van der Waals surface area contributed by atoms with E-state index in [-0.39, 0.29) is 5.91 Å². The average molecular weight is 331 g/mol. The minimum absolute atomic E-state index is 0.0121. The highest BCUT2D eigenvalue weighted by Gasteiger charge is 1.99. The molecule has 0 aliphatic heterocycles. The van der Waals surface area contributed by atoms with Crippen LogP contribution in [-0.4, -0.2) is 12.1 Å². The van der Waals surface area contributed by atoms with Crippen molar-refractivity contribution in [3.63, 3.8) is 0 Å². The van der Waals surface area contributed by atoms with Gasteiger partial charge in [-0.25, -0.2) is 5.43 Å². The van der Waals surface area contributed by atoms with Crippen LogP contribution in [0.1, 0.15) is 89.5 Å². The van der Waals surface area contributed by atoms with E-state index in [1.807, 2.05) is 30.3 Å². The number of carbonyl (C=O) groups excluding carboxylic acids is 1. The number of hydrogen-bond acceptors (Lipinski definition) is 2. The van der Waals surface area contributed by atoms with Crippen LogP contribution in [0.25, 0.3) is 0 Å². The first-order valence-corrected chi connectivity index (χ1v) is 9.70. The predicted octanol–water partition coefficient (Wildman–Crippen LogP) is 5.84. The van der Waals surface area contributed by atoms with Gasteiger partial charge in [0, 0.05) is 6.42 Å². The number of carbonyl (C=O) groups is 1. The molecular formula is C21H34N2O. The molecule has 0 aromatic heterocycles. The van der Waals surface area contributed by atoms with E-state index in [4.69, 9.17) is 0 Å². The Kier molecular flexibility index (Phi) is 12.7. The van der Waals surface area contributed by atoms with Crippen molar-refractivity contribution in [2.24, 2.45) is 5.10 Å². The van der Waals surface area contributed by atoms with Crippen LogP contribution in [0, 0.1) is 0 Å². The van der Waals surface area contributed by atoms with Crippen molar-refractivity contribution in [1.82, 2.24) is 5.43 Å². The van der Waals surface area contributed by atoms with Crippen LogP contribution in [0.15, 0.2) is 35.4 Å². The molecule has 1 N–H and O–H groups in total. The molecule has 0 fully saturated rings. The lowest BCUT2D eigenvalue weighted by Crippen LogP contribution is -2.16. The van der Waals surface area contributed by atoms with E-state index in [9.17, 15) is 4.79 Å².